The molecule has 9 heteroatoms. The highest BCUT2D eigenvalue weighted by Crippen LogP contribution is 2.32. The molecule has 0 bridgehead atoms. The molecule has 0 aromatic carbocycles. The molecule has 0 aliphatic carbocycles. The molecule has 0 saturated heterocycles. The summed E-state index contributed by atoms with van der Waals surface area (Å²) >= 11 is 0. The molecule has 1 heterocycles. The fraction of sp³-hybridized carbons (Fsp3) is 0.667. The zero-order valence-electron chi connectivity index (χ0n) is 21.3. The Morgan fingerprint density at radius 2 is 1.79 bits per heavy atom. The van der Waals surface area contributed by atoms with Crippen molar-refractivity contribution >= 4 is 11.8 Å². The molecule has 1 aromatic rings. The molecule has 1 rings (SSSR count). The number of amides is 2. The number of carbonyl (C=O) groups is 2. The number of nitrogens with zero attached hydrogens (tertiary/aromatic N) is 2. The predicted molar refractivity (Wildman–Crippen MR) is 127 cm³/mol. The number of aromatic nitrogens is 2. The summed E-state index contributed by atoms with van der Waals surface area (Å²) in [6, 6.07) is -0.573. The van der Waals surface area contributed by atoms with Crippen LogP contribution in [0, 0.1) is 24.2 Å². The highest BCUT2D eigenvalue weighted by atomic mass is 16.5. The summed E-state index contributed by atoms with van der Waals surface area (Å²) in [5.41, 5.74) is 0.951. The van der Waals surface area contributed by atoms with Crippen LogP contribution in [0.5, 0.6) is 0 Å². The molecule has 4 N–H and O–H groups in total. The van der Waals surface area contributed by atoms with Crippen molar-refractivity contribution < 1.29 is 24.4 Å². The fourth-order valence-corrected chi connectivity index (χ4v) is 2.96. The first-order valence-electron chi connectivity index (χ1n) is 11.4. The summed E-state index contributed by atoms with van der Waals surface area (Å²) < 4.78 is 4.99. The second-order valence-electron chi connectivity index (χ2n) is 9.32. The summed E-state index contributed by atoms with van der Waals surface area (Å²) in [5, 5.41) is 25.5. The Morgan fingerprint density at radius 3 is 2.21 bits per heavy atom. The Hall–Kier alpha value is -2.52. The number of nitrogens with one attached hydrogen (secondary N) is 2. The summed E-state index contributed by atoms with van der Waals surface area (Å²) in [4.78, 5) is 28.5. The maximum Gasteiger partial charge on any atom is 0.272 e. The van der Waals surface area contributed by atoms with E-state index in [0.29, 0.717) is 11.7 Å². The lowest BCUT2D eigenvalue weighted by atomic mass is 9.84. The van der Waals surface area contributed by atoms with Crippen LogP contribution >= 0.6 is 0 Å². The molecule has 0 saturated carbocycles. The first-order chi connectivity index (χ1) is 15.4. The number of hydroxylamine groups is 1. The number of aliphatic hydroxyl groups is 1. The Kier molecular flexibility index (Phi) is 14.2. The number of hydrogen-bond acceptors (Lipinski definition) is 7. The lowest BCUT2D eigenvalue weighted by Gasteiger charge is -2.31. The van der Waals surface area contributed by atoms with Gasteiger partial charge in [-0.05, 0) is 37.5 Å². The molecule has 188 valence electrons. The van der Waals surface area contributed by atoms with Crippen molar-refractivity contribution in [3.05, 3.63) is 36.0 Å². The average molecular weight is 467 g/mol. The fourth-order valence-electron chi connectivity index (χ4n) is 2.96. The number of carbonyl (C=O) groups excluding carboxylic acids is 2. The van der Waals surface area contributed by atoms with Crippen LogP contribution in [0.1, 0.15) is 85.5 Å². The summed E-state index contributed by atoms with van der Waals surface area (Å²) in [5.74, 6) is -1.82. The SMILES string of the molecule is C/C=C\C/C=C\CC.Cc1nc([C@@H](NC(=O)C(CC(C)C)C(O)C(=O)NO)C(C)(C)C)no1. The first kappa shape index (κ1) is 30.5. The van der Waals surface area contributed by atoms with Crippen molar-refractivity contribution in [1.82, 2.24) is 20.9 Å². The molecule has 0 aliphatic rings. The minimum Gasteiger partial charge on any atom is -0.382 e. The summed E-state index contributed by atoms with van der Waals surface area (Å²) in [7, 11) is 0. The standard InChI is InChI=1S/C16H28N4O5.C8H14/c1-8(2)7-10(11(21)15(23)19-24)14(22)18-12(16(4,5)6)13-17-9(3)25-20-13;1-3-5-7-8-6-4-2/h8,10-12,21,24H,7H2,1-6H3,(H,18,22)(H,19,23);3,5-6,8H,4,7H2,1-2H3/b;5-3-,8-6-/t10?,11?,12-;/m1./s1. The predicted octanol–water partition coefficient (Wildman–Crippen LogP) is 4.03. The summed E-state index contributed by atoms with van der Waals surface area (Å²) in [6.07, 6.45) is 9.41. The first-order valence-corrected chi connectivity index (χ1v) is 11.4. The van der Waals surface area contributed by atoms with Gasteiger partial charge in [0.2, 0.25) is 11.8 Å². The van der Waals surface area contributed by atoms with E-state index < -0.39 is 35.3 Å². The molecular weight excluding hydrogens is 424 g/mol. The molecule has 2 unspecified atom stereocenters. The van der Waals surface area contributed by atoms with Crippen LogP contribution < -0.4 is 10.8 Å². The Morgan fingerprint density at radius 1 is 1.15 bits per heavy atom. The van der Waals surface area contributed by atoms with Crippen molar-refractivity contribution in [2.45, 2.75) is 86.8 Å². The zero-order valence-corrected chi connectivity index (χ0v) is 21.3. The van der Waals surface area contributed by atoms with Crippen molar-refractivity contribution in [2.24, 2.45) is 17.3 Å². The highest BCUT2D eigenvalue weighted by molar-refractivity contribution is 5.88. The minimum absolute atomic E-state index is 0.0531. The maximum atomic E-state index is 12.8. The van der Waals surface area contributed by atoms with E-state index in [1.807, 2.05) is 41.5 Å². The largest absolute Gasteiger partial charge is 0.382 e. The number of aryl methyl sites for hydroxylation is 1. The van der Waals surface area contributed by atoms with E-state index in [9.17, 15) is 14.7 Å². The monoisotopic (exact) mass is 466 g/mol. The van der Waals surface area contributed by atoms with Gasteiger partial charge >= 0.3 is 0 Å². The average Bonchev–Trinajstić information content (AvgIpc) is 3.17. The van der Waals surface area contributed by atoms with Gasteiger partial charge in [-0.2, -0.15) is 4.98 Å². The van der Waals surface area contributed by atoms with E-state index >= 15 is 0 Å². The maximum absolute atomic E-state index is 12.8. The number of allylic oxidation sites excluding steroid dienone is 4. The van der Waals surface area contributed by atoms with Crippen LogP contribution in [-0.2, 0) is 9.59 Å². The van der Waals surface area contributed by atoms with Crippen molar-refractivity contribution in [3.8, 4) is 0 Å². The quantitative estimate of drug-likeness (QED) is 0.232. The second kappa shape index (κ2) is 15.3. The third-order valence-corrected chi connectivity index (χ3v) is 4.69. The van der Waals surface area contributed by atoms with Crippen molar-refractivity contribution in [2.75, 3.05) is 0 Å². The smallest absolute Gasteiger partial charge is 0.272 e. The number of hydrogen-bond donors (Lipinski definition) is 4. The molecule has 0 radical (unpaired) electrons. The normalized spacial score (nSPS) is 14.6. The van der Waals surface area contributed by atoms with Gasteiger partial charge in [0.25, 0.3) is 5.91 Å². The summed E-state index contributed by atoms with van der Waals surface area (Å²) in [6.45, 7) is 15.3. The molecule has 0 spiro atoms. The Balaban J connectivity index is 0.00000109. The van der Waals surface area contributed by atoms with Crippen LogP contribution in [0.15, 0.2) is 28.8 Å². The Bertz CT molecular complexity index is 765. The van der Waals surface area contributed by atoms with E-state index in [0.717, 1.165) is 12.8 Å². The van der Waals surface area contributed by atoms with Gasteiger partial charge in [0.1, 0.15) is 6.10 Å². The van der Waals surface area contributed by atoms with E-state index in [1.54, 1.807) is 6.92 Å². The van der Waals surface area contributed by atoms with Crippen LogP contribution in [0.3, 0.4) is 0 Å². The second-order valence-corrected chi connectivity index (χ2v) is 9.32. The molecule has 2 amide bonds. The lowest BCUT2D eigenvalue weighted by Crippen LogP contribution is -2.48. The molecule has 3 atom stereocenters. The minimum atomic E-state index is -1.67. The molecule has 0 aliphatic heterocycles. The molecule has 0 fully saturated rings. The third kappa shape index (κ3) is 11.8. The molecular formula is C24H42N4O5. The zero-order chi connectivity index (χ0) is 25.6. The van der Waals surface area contributed by atoms with Crippen molar-refractivity contribution in [3.63, 3.8) is 0 Å². The van der Waals surface area contributed by atoms with Crippen LogP contribution in [-0.4, -0.2) is 38.4 Å². The van der Waals surface area contributed by atoms with E-state index in [4.69, 9.17) is 9.73 Å². The van der Waals surface area contributed by atoms with Gasteiger partial charge in [-0.1, -0.05) is 71.0 Å². The van der Waals surface area contributed by atoms with Gasteiger partial charge in [0, 0.05) is 6.92 Å². The van der Waals surface area contributed by atoms with Crippen molar-refractivity contribution in [1.29, 1.82) is 0 Å². The van der Waals surface area contributed by atoms with Gasteiger partial charge in [-0.25, -0.2) is 5.48 Å². The molecule has 1 aromatic heterocycles. The van der Waals surface area contributed by atoms with E-state index in [1.165, 1.54) is 5.48 Å². The van der Waals surface area contributed by atoms with E-state index in [-0.39, 0.29) is 12.3 Å². The van der Waals surface area contributed by atoms with Gasteiger partial charge in [-0.15, -0.1) is 0 Å². The Labute approximate surface area is 197 Å². The van der Waals surface area contributed by atoms with Gasteiger partial charge in [-0.3, -0.25) is 14.8 Å². The van der Waals surface area contributed by atoms with Gasteiger partial charge < -0.3 is 14.9 Å². The number of aliphatic hydroxyl groups excluding tert-OH is 1. The topological polar surface area (TPSA) is 138 Å². The number of rotatable bonds is 10. The molecule has 33 heavy (non-hydrogen) atoms. The van der Waals surface area contributed by atoms with Crippen LogP contribution in [0.25, 0.3) is 0 Å². The lowest BCUT2D eigenvalue weighted by molar-refractivity contribution is -0.147. The third-order valence-electron chi connectivity index (χ3n) is 4.69. The van der Waals surface area contributed by atoms with Gasteiger partial charge in [0.05, 0.1) is 12.0 Å². The highest BCUT2D eigenvalue weighted by Gasteiger charge is 2.37. The van der Waals surface area contributed by atoms with E-state index in [2.05, 4.69) is 46.7 Å². The molecule has 9 nitrogen and oxygen atoms in total. The van der Waals surface area contributed by atoms with Crippen LogP contribution in [0.4, 0.5) is 0 Å². The van der Waals surface area contributed by atoms with Crippen LogP contribution in [0.2, 0.25) is 0 Å². The van der Waals surface area contributed by atoms with Gasteiger partial charge in [0.15, 0.2) is 5.82 Å².